The van der Waals surface area contributed by atoms with E-state index in [-0.39, 0.29) is 5.69 Å². The first-order chi connectivity index (χ1) is 34.8. The average molecular weight is 1050 g/mol. The third-order valence-electron chi connectivity index (χ3n) is 11.7. The Balaban J connectivity index is 1.95. The van der Waals surface area contributed by atoms with E-state index in [1.807, 2.05) is 0 Å². The van der Waals surface area contributed by atoms with Crippen molar-refractivity contribution in [1.29, 1.82) is 0 Å². The Bertz CT molecular complexity index is 2570. The van der Waals surface area contributed by atoms with Gasteiger partial charge in [0.25, 0.3) is 16.3 Å². The Kier molecular flexibility index (Phi) is 20.0. The number of nitrogens with zero attached hydrogens (tertiary/aromatic N) is 7. The van der Waals surface area contributed by atoms with E-state index in [1.54, 1.807) is 0 Å². The second-order valence-electron chi connectivity index (χ2n) is 16.8. The lowest BCUT2D eigenvalue weighted by Gasteiger charge is -2.44. The molecule has 4 aromatic rings. The highest BCUT2D eigenvalue weighted by molar-refractivity contribution is 5.89. The van der Waals surface area contributed by atoms with E-state index >= 15 is 0 Å². The third-order valence-corrected chi connectivity index (χ3v) is 11.7. The molecule has 0 saturated carbocycles. The number of aliphatic hydroxyl groups excluding tert-OH is 6. The lowest BCUT2D eigenvalue weighted by Crippen LogP contribution is -2.53. The monoisotopic (exact) mass is 1050 g/mol. The summed E-state index contributed by atoms with van der Waals surface area (Å²) >= 11 is 0. The van der Waals surface area contributed by atoms with Gasteiger partial charge >= 0.3 is 24.4 Å². The van der Waals surface area contributed by atoms with Crippen LogP contribution >= 0.6 is 0 Å². The van der Waals surface area contributed by atoms with Crippen LogP contribution in [-0.4, -0.2) is 183 Å². The predicted octanol–water partition coefficient (Wildman–Crippen LogP) is -0.417. The van der Waals surface area contributed by atoms with Crippen molar-refractivity contribution in [1.82, 2.24) is 13.7 Å². The first-order valence-electron chi connectivity index (χ1n) is 22.3. The minimum atomic E-state index is -1.98. The number of carboxylic acid groups (broad SMARTS) is 4. The molecule has 0 aliphatic carbocycles. The maximum atomic E-state index is 13.7. The minimum Gasteiger partial charge on any atom is -0.503 e. The predicted molar refractivity (Wildman–Crippen MR) is 255 cm³/mol. The Morgan fingerprint density at radius 1 is 0.473 bits per heavy atom. The van der Waals surface area contributed by atoms with E-state index in [1.165, 1.54) is 30.3 Å². The highest BCUT2D eigenvalue weighted by Gasteiger charge is 2.42. The molecule has 0 saturated heterocycles. The number of rotatable bonds is 26. The largest absolute Gasteiger partial charge is 0.503 e. The van der Waals surface area contributed by atoms with Gasteiger partial charge in [0.05, 0.1) is 81.9 Å². The van der Waals surface area contributed by atoms with Crippen LogP contribution in [0.25, 0.3) is 0 Å². The summed E-state index contributed by atoms with van der Waals surface area (Å²) in [6.07, 6.45) is -13.1. The number of pyridine rings is 3. The smallest absolute Gasteiger partial charge is 0.413 e. The molecule has 16 N–H and O–H groups in total. The number of benzene rings is 1. The Labute approximate surface area is 416 Å². The summed E-state index contributed by atoms with van der Waals surface area (Å²) in [7, 11) is 0. The van der Waals surface area contributed by atoms with Crippen LogP contribution in [0, 0.1) is 0 Å². The SMILES string of the molecule is O=C(O)N(CCCC(CCCN(C(=O)O)c1c(O)c(=O)c(O)cn1CC(O)CO)(CCCN(C(=O)O)c1c(O)c(=O)c(O)cn1CC(O)CO)N(C(=O)O)c1ccccc1)c1c(O)c(=O)c(O)cn1CC(O)CO. The normalized spacial score (nSPS) is 13.3. The van der Waals surface area contributed by atoms with Crippen molar-refractivity contribution in [2.24, 2.45) is 0 Å². The van der Waals surface area contributed by atoms with Crippen molar-refractivity contribution in [2.75, 3.05) is 59.1 Å². The molecule has 4 amide bonds. The Morgan fingerprint density at radius 2 is 0.757 bits per heavy atom. The van der Waals surface area contributed by atoms with Gasteiger partial charge in [0.2, 0.25) is 17.2 Å². The van der Waals surface area contributed by atoms with Gasteiger partial charge in [-0.05, 0) is 50.7 Å². The zero-order chi connectivity index (χ0) is 55.4. The van der Waals surface area contributed by atoms with Crippen molar-refractivity contribution in [3.63, 3.8) is 0 Å². The van der Waals surface area contributed by atoms with Crippen molar-refractivity contribution < 1.29 is 101 Å². The quantitative estimate of drug-likeness (QED) is 0.0380. The highest BCUT2D eigenvalue weighted by Crippen LogP contribution is 2.39. The van der Waals surface area contributed by atoms with E-state index in [0.29, 0.717) is 33.3 Å². The van der Waals surface area contributed by atoms with Crippen molar-refractivity contribution in [2.45, 2.75) is 82.0 Å². The number of amides is 4. The maximum absolute atomic E-state index is 13.7. The van der Waals surface area contributed by atoms with E-state index in [4.69, 9.17) is 0 Å². The van der Waals surface area contributed by atoms with Gasteiger partial charge in [-0.25, -0.2) is 19.2 Å². The van der Waals surface area contributed by atoms with Gasteiger partial charge in [0.15, 0.2) is 34.7 Å². The van der Waals surface area contributed by atoms with Gasteiger partial charge in [-0.3, -0.25) is 34.0 Å². The fraction of sp³-hybridized carbons (Fsp3) is 0.432. The van der Waals surface area contributed by atoms with Crippen molar-refractivity contribution in [3.05, 3.63) is 79.6 Å². The molecule has 30 nitrogen and oxygen atoms in total. The van der Waals surface area contributed by atoms with Crippen LogP contribution in [0.1, 0.15) is 38.5 Å². The first kappa shape index (κ1) is 58.3. The Hall–Kier alpha value is -8.29. The molecule has 0 bridgehead atoms. The number of anilines is 4. The molecule has 3 aromatic heterocycles. The molecular formula is C44H57N7O23. The molecule has 1 aromatic carbocycles. The van der Waals surface area contributed by atoms with Gasteiger partial charge in [0, 0.05) is 25.3 Å². The molecule has 3 heterocycles. The molecule has 0 aliphatic heterocycles. The molecule has 3 unspecified atom stereocenters. The van der Waals surface area contributed by atoms with Gasteiger partial charge in [-0.2, -0.15) is 0 Å². The van der Waals surface area contributed by atoms with Crippen LogP contribution in [0.2, 0.25) is 0 Å². The van der Waals surface area contributed by atoms with Crippen LogP contribution in [0.4, 0.5) is 42.3 Å². The lowest BCUT2D eigenvalue weighted by molar-refractivity contribution is 0.0809. The number of hydrogen-bond donors (Lipinski definition) is 16. The standard InChI is InChI=1S/C44H57N7O23/c52-21-25(55)15-45-18-28(58)31(61)34(64)37(45)48(40(67)68)12-4-9-44(51(43(73)74)24-7-2-1-3-8-24,10-5-13-49(41(69)70)38-35(65)32(62)29(59)19-46(38)16-26(56)22-53)11-6-14-50(42(71)72)39-36(66)33(63)30(60)20-47(39)17-27(57)23-54/h1-3,7-8,18-20,25-27,52-60,64-66H,4-6,9-17,21-23H2,(H,67,68)(H,69,70)(H,71,72)(H,73,74). The van der Waals surface area contributed by atoms with Crippen LogP contribution in [0.3, 0.4) is 0 Å². The Morgan fingerprint density at radius 3 is 1.00 bits per heavy atom. The minimum absolute atomic E-state index is 0.0747. The van der Waals surface area contributed by atoms with Crippen molar-refractivity contribution >= 4 is 47.5 Å². The molecule has 0 spiro atoms. The molecule has 4 rings (SSSR count). The number of aromatic hydroxyl groups is 6. The molecule has 3 atom stereocenters. The number of aliphatic hydroxyl groups is 6. The highest BCUT2D eigenvalue weighted by atomic mass is 16.4. The first-order valence-corrected chi connectivity index (χ1v) is 22.3. The summed E-state index contributed by atoms with van der Waals surface area (Å²) in [5.41, 5.74) is -6.41. The molecule has 0 aliphatic rings. The number of para-hydroxylation sites is 1. The summed E-state index contributed by atoms with van der Waals surface area (Å²) < 4.78 is 2.25. The van der Waals surface area contributed by atoms with E-state index in [2.05, 4.69) is 0 Å². The van der Waals surface area contributed by atoms with Crippen molar-refractivity contribution in [3.8, 4) is 34.5 Å². The van der Waals surface area contributed by atoms with Gasteiger partial charge in [-0.15, -0.1) is 0 Å². The summed E-state index contributed by atoms with van der Waals surface area (Å²) in [5, 5.41) is 165. The molecule has 406 valence electrons. The summed E-state index contributed by atoms with van der Waals surface area (Å²) in [5.74, 6) is -9.69. The molecule has 74 heavy (non-hydrogen) atoms. The van der Waals surface area contributed by atoms with E-state index in [0.717, 1.165) is 18.6 Å². The third kappa shape index (κ3) is 13.4. The van der Waals surface area contributed by atoms with Crippen LogP contribution in [-0.2, 0) is 19.6 Å². The lowest BCUT2D eigenvalue weighted by atomic mass is 9.81. The molecular weight excluding hydrogens is 995 g/mol. The van der Waals surface area contributed by atoms with Crippen LogP contribution < -0.4 is 35.9 Å². The van der Waals surface area contributed by atoms with E-state index in [9.17, 15) is 115 Å². The topological polar surface area (TPSA) is 471 Å². The van der Waals surface area contributed by atoms with Crippen LogP contribution in [0.5, 0.6) is 34.5 Å². The summed E-state index contributed by atoms with van der Waals surface area (Å²) in [4.78, 5) is 92.9. The fourth-order valence-corrected chi connectivity index (χ4v) is 8.45. The summed E-state index contributed by atoms with van der Waals surface area (Å²) in [6.45, 7) is -7.08. The number of hydrogen-bond acceptors (Lipinski definition) is 19. The number of aromatic nitrogens is 3. The van der Waals surface area contributed by atoms with Crippen LogP contribution in [0.15, 0.2) is 63.3 Å². The van der Waals surface area contributed by atoms with Gasteiger partial charge in [-0.1, -0.05) is 18.2 Å². The van der Waals surface area contributed by atoms with E-state index < -0.39 is 214 Å². The maximum Gasteiger partial charge on any atom is 0.413 e. The van der Waals surface area contributed by atoms with Gasteiger partial charge < -0.3 is 95.4 Å². The number of carbonyl (C=O) groups is 4. The second-order valence-corrected chi connectivity index (χ2v) is 16.8. The molecule has 0 radical (unpaired) electrons. The average Bonchev–Trinajstić information content (AvgIpc) is 3.34. The van der Waals surface area contributed by atoms with Gasteiger partial charge in [0.1, 0.15) is 0 Å². The second kappa shape index (κ2) is 25.4. The summed E-state index contributed by atoms with van der Waals surface area (Å²) in [6, 6.07) is 7.03. The fourth-order valence-electron chi connectivity index (χ4n) is 8.45. The molecule has 0 fully saturated rings. The molecule has 30 heteroatoms. The zero-order valence-corrected chi connectivity index (χ0v) is 39.1. The zero-order valence-electron chi connectivity index (χ0n) is 39.1.